The van der Waals surface area contributed by atoms with Crippen molar-refractivity contribution in [2.24, 2.45) is 7.05 Å². The molecular weight excluding hydrogens is 406 g/mol. The molecule has 0 aliphatic heterocycles. The summed E-state index contributed by atoms with van der Waals surface area (Å²) in [6, 6.07) is 11.5. The lowest BCUT2D eigenvalue weighted by Gasteiger charge is -2.28. The van der Waals surface area contributed by atoms with Crippen LogP contribution in [0, 0.1) is 0 Å². The number of hydrogen-bond donors (Lipinski definition) is 0. The third kappa shape index (κ3) is 8.04. The van der Waals surface area contributed by atoms with Crippen LogP contribution >= 0.6 is 0 Å². The summed E-state index contributed by atoms with van der Waals surface area (Å²) in [7, 11) is 5.23. The van der Waals surface area contributed by atoms with Gasteiger partial charge in [0.15, 0.2) is 0 Å². The molecule has 0 spiro atoms. The molecule has 176 valence electrons. The number of aromatic nitrogens is 1. The van der Waals surface area contributed by atoms with E-state index in [1.165, 1.54) is 0 Å². The third-order valence-corrected chi connectivity index (χ3v) is 5.51. The van der Waals surface area contributed by atoms with Gasteiger partial charge in [-0.15, -0.1) is 0 Å². The molecule has 0 N–H and O–H groups in total. The van der Waals surface area contributed by atoms with Gasteiger partial charge in [-0.05, 0) is 42.7 Å². The van der Waals surface area contributed by atoms with Gasteiger partial charge in [-0.2, -0.15) is 0 Å². The molecule has 0 bridgehead atoms. The first kappa shape index (κ1) is 25.5. The lowest BCUT2D eigenvalue weighted by atomic mass is 10.1. The van der Waals surface area contributed by atoms with Crippen molar-refractivity contribution < 1.29 is 19.1 Å². The van der Waals surface area contributed by atoms with Crippen LogP contribution in [0.2, 0.25) is 0 Å². The van der Waals surface area contributed by atoms with Gasteiger partial charge in [0.2, 0.25) is 11.8 Å². The molecule has 0 fully saturated rings. The first-order valence-electron chi connectivity index (χ1n) is 11.3. The van der Waals surface area contributed by atoms with E-state index >= 15 is 0 Å². The van der Waals surface area contributed by atoms with E-state index in [4.69, 9.17) is 9.47 Å². The zero-order valence-electron chi connectivity index (χ0n) is 19.9. The van der Waals surface area contributed by atoms with Crippen LogP contribution < -0.4 is 4.74 Å². The highest BCUT2D eigenvalue weighted by molar-refractivity contribution is 5.86. The van der Waals surface area contributed by atoms with E-state index in [0.717, 1.165) is 29.8 Å². The molecule has 7 nitrogen and oxygen atoms in total. The Bertz CT molecular complexity index is 832. The van der Waals surface area contributed by atoms with E-state index < -0.39 is 0 Å². The molecule has 32 heavy (non-hydrogen) atoms. The largest absolute Gasteiger partial charge is 0.497 e. The summed E-state index contributed by atoms with van der Waals surface area (Å²) in [5.41, 5.74) is 1.97. The highest BCUT2D eigenvalue weighted by atomic mass is 16.5. The molecule has 2 amide bonds. The number of rotatable bonds is 14. The number of benzene rings is 1. The maximum Gasteiger partial charge on any atom is 0.242 e. The number of nitrogens with zero attached hydrogens (tertiary/aromatic N) is 3. The first-order valence-corrected chi connectivity index (χ1v) is 11.3. The molecule has 0 unspecified atom stereocenters. The number of methoxy groups -OCH3 is 2. The summed E-state index contributed by atoms with van der Waals surface area (Å²) in [6.07, 6.45) is 4.85. The van der Waals surface area contributed by atoms with Gasteiger partial charge in [0, 0.05) is 45.7 Å². The predicted molar refractivity (Wildman–Crippen MR) is 126 cm³/mol. The van der Waals surface area contributed by atoms with Gasteiger partial charge in [-0.25, -0.2) is 0 Å². The van der Waals surface area contributed by atoms with Gasteiger partial charge in [0.1, 0.15) is 5.75 Å². The highest BCUT2D eigenvalue weighted by Crippen LogP contribution is 2.13. The van der Waals surface area contributed by atoms with Gasteiger partial charge in [0.25, 0.3) is 0 Å². The molecule has 1 aromatic heterocycles. The van der Waals surface area contributed by atoms with Crippen LogP contribution in [0.15, 0.2) is 42.6 Å². The minimum absolute atomic E-state index is 0.0276. The molecule has 0 radical (unpaired) electrons. The molecule has 0 aliphatic rings. The summed E-state index contributed by atoms with van der Waals surface area (Å²) in [4.78, 5) is 29.9. The molecule has 0 atom stereocenters. The maximum atomic E-state index is 13.2. The molecule has 1 heterocycles. The summed E-state index contributed by atoms with van der Waals surface area (Å²) in [5.74, 6) is 0.662. The SMILES string of the molecule is CCCCN(Cc1cccn1C)C(=O)CN(CCCOC)C(=O)Cc1ccc(OC)cc1. The van der Waals surface area contributed by atoms with Gasteiger partial charge in [-0.1, -0.05) is 25.5 Å². The smallest absolute Gasteiger partial charge is 0.242 e. The fourth-order valence-electron chi connectivity index (χ4n) is 3.48. The quantitative estimate of drug-likeness (QED) is 0.421. The molecule has 0 aliphatic carbocycles. The van der Waals surface area contributed by atoms with Crippen LogP contribution in [0.4, 0.5) is 0 Å². The van der Waals surface area contributed by atoms with Crippen molar-refractivity contribution in [1.82, 2.24) is 14.4 Å². The number of unbranched alkanes of at least 4 members (excludes halogenated alkanes) is 1. The van der Waals surface area contributed by atoms with Crippen molar-refractivity contribution in [2.45, 2.75) is 39.2 Å². The second kappa shape index (κ2) is 13.6. The second-order valence-corrected chi connectivity index (χ2v) is 7.97. The Morgan fingerprint density at radius 3 is 2.28 bits per heavy atom. The lowest BCUT2D eigenvalue weighted by Crippen LogP contribution is -2.44. The minimum Gasteiger partial charge on any atom is -0.497 e. The number of aryl methyl sites for hydroxylation is 1. The topological polar surface area (TPSA) is 64.0 Å². The van der Waals surface area contributed by atoms with Crippen LogP contribution in [0.5, 0.6) is 5.75 Å². The minimum atomic E-state index is -0.0612. The fraction of sp³-hybridized carbons (Fsp3) is 0.520. The van der Waals surface area contributed by atoms with E-state index in [9.17, 15) is 9.59 Å². The Morgan fingerprint density at radius 2 is 1.69 bits per heavy atom. The van der Waals surface area contributed by atoms with Gasteiger partial charge in [0.05, 0.1) is 26.6 Å². The Balaban J connectivity index is 2.09. The monoisotopic (exact) mass is 443 g/mol. The Morgan fingerprint density at radius 1 is 0.969 bits per heavy atom. The molecule has 7 heteroatoms. The van der Waals surface area contributed by atoms with Crippen LogP contribution in [0.25, 0.3) is 0 Å². The standard InChI is InChI=1S/C25H37N3O4/c1-5-6-15-27(19-22-9-7-14-26(22)2)25(30)20-28(16-8-17-31-3)24(29)18-21-10-12-23(32-4)13-11-21/h7,9-14H,5-6,8,15-20H2,1-4H3. The Hall–Kier alpha value is -2.80. The van der Waals surface area contributed by atoms with Crippen LogP contribution in [-0.2, 0) is 34.3 Å². The zero-order chi connectivity index (χ0) is 23.3. The molecule has 2 rings (SSSR count). The maximum absolute atomic E-state index is 13.2. The van der Waals surface area contributed by atoms with Crippen LogP contribution in [0.3, 0.4) is 0 Å². The van der Waals surface area contributed by atoms with Gasteiger partial charge in [-0.3, -0.25) is 9.59 Å². The molecule has 0 saturated heterocycles. The zero-order valence-corrected chi connectivity index (χ0v) is 19.9. The van der Waals surface area contributed by atoms with Gasteiger partial charge >= 0.3 is 0 Å². The van der Waals surface area contributed by atoms with Crippen molar-refractivity contribution in [3.8, 4) is 5.75 Å². The average Bonchev–Trinajstić information content (AvgIpc) is 3.20. The van der Waals surface area contributed by atoms with Crippen molar-refractivity contribution in [3.63, 3.8) is 0 Å². The van der Waals surface area contributed by atoms with E-state index in [1.807, 2.05) is 59.1 Å². The second-order valence-electron chi connectivity index (χ2n) is 7.97. The summed E-state index contributed by atoms with van der Waals surface area (Å²) < 4.78 is 12.4. The van der Waals surface area contributed by atoms with Gasteiger partial charge < -0.3 is 23.8 Å². The van der Waals surface area contributed by atoms with Crippen molar-refractivity contribution in [3.05, 3.63) is 53.9 Å². The molecule has 2 aromatic rings. The lowest BCUT2D eigenvalue weighted by molar-refractivity contribution is -0.140. The van der Waals surface area contributed by atoms with Crippen molar-refractivity contribution in [2.75, 3.05) is 40.5 Å². The third-order valence-electron chi connectivity index (χ3n) is 5.51. The normalized spacial score (nSPS) is 10.8. The Kier molecular flexibility index (Phi) is 10.8. The number of carbonyl (C=O) groups is 2. The summed E-state index contributed by atoms with van der Waals surface area (Å²) in [6.45, 7) is 4.44. The van der Waals surface area contributed by atoms with E-state index in [2.05, 4.69) is 6.92 Å². The van der Waals surface area contributed by atoms with E-state index in [0.29, 0.717) is 32.7 Å². The fourth-order valence-corrected chi connectivity index (χ4v) is 3.48. The number of ether oxygens (including phenoxy) is 2. The van der Waals surface area contributed by atoms with Crippen LogP contribution in [-0.4, -0.2) is 66.6 Å². The van der Waals surface area contributed by atoms with Crippen molar-refractivity contribution >= 4 is 11.8 Å². The van der Waals surface area contributed by atoms with Crippen LogP contribution in [0.1, 0.15) is 37.4 Å². The predicted octanol–water partition coefficient (Wildman–Crippen LogP) is 3.27. The summed E-state index contributed by atoms with van der Waals surface area (Å²) in [5, 5.41) is 0. The Labute approximate surface area is 191 Å². The molecular formula is C25H37N3O4. The van der Waals surface area contributed by atoms with E-state index in [-0.39, 0.29) is 24.8 Å². The number of amides is 2. The average molecular weight is 444 g/mol. The van der Waals surface area contributed by atoms with E-state index in [1.54, 1.807) is 19.1 Å². The van der Waals surface area contributed by atoms with Crippen molar-refractivity contribution in [1.29, 1.82) is 0 Å². The number of carbonyl (C=O) groups excluding carboxylic acids is 2. The molecule has 1 aromatic carbocycles. The highest BCUT2D eigenvalue weighted by Gasteiger charge is 2.22. The molecule has 0 saturated carbocycles. The summed E-state index contributed by atoms with van der Waals surface area (Å²) >= 11 is 0. The first-order chi connectivity index (χ1) is 15.5. The number of hydrogen-bond acceptors (Lipinski definition) is 4.